The van der Waals surface area contributed by atoms with E-state index in [9.17, 15) is 15.3 Å². The van der Waals surface area contributed by atoms with Crippen molar-refractivity contribution in [3.8, 4) is 0 Å². The van der Waals surface area contributed by atoms with E-state index in [-0.39, 0.29) is 0 Å². The van der Waals surface area contributed by atoms with Gasteiger partial charge in [0.05, 0.1) is 0 Å². The van der Waals surface area contributed by atoms with Gasteiger partial charge < -0.3 is 15.3 Å². The second kappa shape index (κ2) is 21.4. The summed E-state index contributed by atoms with van der Waals surface area (Å²) in [4.78, 5) is 0. The summed E-state index contributed by atoms with van der Waals surface area (Å²) < 4.78 is 0. The minimum atomic E-state index is -1.90. The van der Waals surface area contributed by atoms with Gasteiger partial charge in [-0.1, -0.05) is 154 Å². The van der Waals surface area contributed by atoms with E-state index in [1.807, 2.05) is 0 Å². The molecule has 3 nitrogen and oxygen atoms in total. The summed E-state index contributed by atoms with van der Waals surface area (Å²) in [6.07, 6.45) is 32.4. The van der Waals surface area contributed by atoms with Crippen LogP contribution in [-0.2, 0) is 0 Å². The molecule has 32 heavy (non-hydrogen) atoms. The van der Waals surface area contributed by atoms with E-state index in [4.69, 9.17) is 0 Å². The lowest BCUT2D eigenvalue weighted by Crippen LogP contribution is -2.42. The molecule has 3 N–H and O–H groups in total. The first kappa shape index (κ1) is 29.9. The molecule has 0 amide bonds. The Balaban J connectivity index is 2.19. The fourth-order valence-electron chi connectivity index (χ4n) is 5.19. The highest BCUT2D eigenvalue weighted by molar-refractivity contribution is 4.75. The van der Waals surface area contributed by atoms with E-state index in [1.54, 1.807) is 0 Å². The predicted octanol–water partition coefficient (Wildman–Crippen LogP) is 8.57. The van der Waals surface area contributed by atoms with Crippen molar-refractivity contribution in [2.75, 3.05) is 0 Å². The molecule has 1 saturated carbocycles. The Morgan fingerprint density at radius 1 is 0.344 bits per heavy atom. The van der Waals surface area contributed by atoms with E-state index in [2.05, 4.69) is 0 Å². The molecular formula is C29H58O3. The average Bonchev–Trinajstić information content (AvgIpc) is 2.77. The van der Waals surface area contributed by atoms with Gasteiger partial charge in [0.15, 0.2) is 5.79 Å². The van der Waals surface area contributed by atoms with Crippen LogP contribution in [0.4, 0.5) is 0 Å². The molecule has 0 saturated heterocycles. The molecule has 192 valence electrons. The van der Waals surface area contributed by atoms with E-state index in [1.165, 1.54) is 135 Å². The molecule has 0 aromatic rings. The maximum Gasteiger partial charge on any atom is 0.189 e. The van der Waals surface area contributed by atoms with Gasteiger partial charge in [0.1, 0.15) is 6.10 Å². The highest BCUT2D eigenvalue weighted by Gasteiger charge is 2.31. The van der Waals surface area contributed by atoms with Gasteiger partial charge in [-0.3, -0.25) is 0 Å². The van der Waals surface area contributed by atoms with Crippen molar-refractivity contribution in [1.82, 2.24) is 0 Å². The summed E-state index contributed by atoms with van der Waals surface area (Å²) in [5.41, 5.74) is 0. The fraction of sp³-hybridized carbons (Fsp3) is 1.00. The molecule has 0 aromatic carbocycles. The smallest absolute Gasteiger partial charge is 0.189 e. The number of aliphatic hydroxyl groups excluding tert-OH is 1. The Morgan fingerprint density at radius 3 is 0.844 bits per heavy atom. The molecular weight excluding hydrogens is 396 g/mol. The molecule has 0 spiro atoms. The standard InChI is InChI=1S/C29H58O3/c30-28-26-24-22-20-18-16-14-12-10-8-6-4-2-1-3-5-7-9-11-13-15-17-19-21-23-25-27-29(28,31)32/h28,30-32H,1-27H2. The molecule has 1 unspecified atom stereocenters. The number of hydrogen-bond donors (Lipinski definition) is 3. The van der Waals surface area contributed by atoms with Crippen molar-refractivity contribution >= 4 is 0 Å². The molecule has 1 atom stereocenters. The van der Waals surface area contributed by atoms with E-state index in [0.717, 1.165) is 25.7 Å². The molecule has 1 fully saturated rings. The molecule has 0 aromatic heterocycles. The van der Waals surface area contributed by atoms with Crippen molar-refractivity contribution in [3.63, 3.8) is 0 Å². The van der Waals surface area contributed by atoms with Gasteiger partial charge in [-0.2, -0.15) is 0 Å². The van der Waals surface area contributed by atoms with Crippen LogP contribution in [0.15, 0.2) is 0 Å². The van der Waals surface area contributed by atoms with Gasteiger partial charge >= 0.3 is 0 Å². The molecule has 1 rings (SSSR count). The lowest BCUT2D eigenvalue weighted by Gasteiger charge is -2.27. The highest BCUT2D eigenvalue weighted by Crippen LogP contribution is 2.22. The predicted molar refractivity (Wildman–Crippen MR) is 138 cm³/mol. The Morgan fingerprint density at radius 2 is 0.562 bits per heavy atom. The SMILES string of the molecule is OC1CCCCCCCCCCCCCCCCCCCCCCCCCCCC1(O)O. The summed E-state index contributed by atoms with van der Waals surface area (Å²) in [6.45, 7) is 0. The van der Waals surface area contributed by atoms with Crippen molar-refractivity contribution in [3.05, 3.63) is 0 Å². The first-order chi connectivity index (χ1) is 15.6. The third-order valence-corrected chi connectivity index (χ3v) is 7.56. The molecule has 1 aliphatic rings. The van der Waals surface area contributed by atoms with Crippen LogP contribution < -0.4 is 0 Å². The zero-order valence-electron chi connectivity index (χ0n) is 21.5. The average molecular weight is 455 g/mol. The lowest BCUT2D eigenvalue weighted by atomic mass is 9.96. The summed E-state index contributed by atoms with van der Waals surface area (Å²) in [6, 6.07) is 0. The largest absolute Gasteiger partial charge is 0.388 e. The third-order valence-electron chi connectivity index (χ3n) is 7.56. The zero-order chi connectivity index (χ0) is 23.2. The molecule has 0 radical (unpaired) electrons. The van der Waals surface area contributed by atoms with Crippen LogP contribution in [0.5, 0.6) is 0 Å². The molecule has 0 bridgehead atoms. The molecule has 1 aliphatic carbocycles. The summed E-state index contributed by atoms with van der Waals surface area (Å²) in [5, 5.41) is 30.6. The van der Waals surface area contributed by atoms with E-state index in [0.29, 0.717) is 12.8 Å². The first-order valence-corrected chi connectivity index (χ1v) is 14.8. The molecule has 0 aliphatic heterocycles. The minimum Gasteiger partial charge on any atom is -0.388 e. The van der Waals surface area contributed by atoms with Crippen LogP contribution >= 0.6 is 0 Å². The fourth-order valence-corrected chi connectivity index (χ4v) is 5.19. The Kier molecular flexibility index (Phi) is 20.0. The van der Waals surface area contributed by atoms with Gasteiger partial charge in [0.25, 0.3) is 0 Å². The lowest BCUT2D eigenvalue weighted by molar-refractivity contribution is -0.230. The Labute approximate surface area is 200 Å². The Hall–Kier alpha value is -0.120. The zero-order valence-corrected chi connectivity index (χ0v) is 21.5. The summed E-state index contributed by atoms with van der Waals surface area (Å²) in [7, 11) is 0. The second-order valence-corrected chi connectivity index (χ2v) is 10.8. The van der Waals surface area contributed by atoms with Crippen LogP contribution in [0.1, 0.15) is 173 Å². The van der Waals surface area contributed by atoms with E-state index < -0.39 is 11.9 Å². The van der Waals surface area contributed by atoms with Gasteiger partial charge in [0, 0.05) is 6.42 Å². The number of aliphatic hydroxyl groups is 3. The summed E-state index contributed by atoms with van der Waals surface area (Å²) in [5.74, 6) is -1.90. The van der Waals surface area contributed by atoms with Crippen LogP contribution in [0.3, 0.4) is 0 Å². The minimum absolute atomic E-state index is 0.300. The van der Waals surface area contributed by atoms with Gasteiger partial charge in [-0.05, 0) is 12.8 Å². The quantitative estimate of drug-likeness (QED) is 0.321. The topological polar surface area (TPSA) is 60.7 Å². The molecule has 0 heterocycles. The van der Waals surface area contributed by atoms with Crippen LogP contribution in [-0.4, -0.2) is 27.2 Å². The van der Waals surface area contributed by atoms with Crippen LogP contribution in [0.25, 0.3) is 0 Å². The van der Waals surface area contributed by atoms with Gasteiger partial charge in [-0.15, -0.1) is 0 Å². The third kappa shape index (κ3) is 18.3. The van der Waals surface area contributed by atoms with Gasteiger partial charge in [-0.25, -0.2) is 0 Å². The van der Waals surface area contributed by atoms with Crippen LogP contribution in [0.2, 0.25) is 0 Å². The highest BCUT2D eigenvalue weighted by atomic mass is 16.5. The van der Waals surface area contributed by atoms with E-state index >= 15 is 0 Å². The maximum atomic E-state index is 10.2. The van der Waals surface area contributed by atoms with Crippen molar-refractivity contribution in [2.24, 2.45) is 0 Å². The van der Waals surface area contributed by atoms with Crippen molar-refractivity contribution < 1.29 is 15.3 Å². The summed E-state index contributed by atoms with van der Waals surface area (Å²) >= 11 is 0. The van der Waals surface area contributed by atoms with Gasteiger partial charge in [0.2, 0.25) is 0 Å². The first-order valence-electron chi connectivity index (χ1n) is 14.8. The molecule has 3 heteroatoms. The number of rotatable bonds is 0. The number of hydrogen-bond acceptors (Lipinski definition) is 3. The second-order valence-electron chi connectivity index (χ2n) is 10.8. The van der Waals surface area contributed by atoms with Crippen molar-refractivity contribution in [1.29, 1.82) is 0 Å². The maximum absolute atomic E-state index is 10.2. The van der Waals surface area contributed by atoms with Crippen LogP contribution in [0, 0.1) is 0 Å². The Bertz CT molecular complexity index is 383. The van der Waals surface area contributed by atoms with Crippen molar-refractivity contribution in [2.45, 2.75) is 185 Å². The monoisotopic (exact) mass is 454 g/mol. The normalized spacial score (nSPS) is 26.9.